The molecule has 1 amide bonds. The predicted octanol–water partition coefficient (Wildman–Crippen LogP) is 1.69. The Balaban J connectivity index is 1.22. The van der Waals surface area contributed by atoms with E-state index in [1.807, 2.05) is 0 Å². The van der Waals surface area contributed by atoms with E-state index >= 15 is 0 Å². The molecule has 0 aliphatic carbocycles. The minimum Gasteiger partial charge on any atom is -0.493 e. The predicted molar refractivity (Wildman–Crippen MR) is 101 cm³/mol. The van der Waals surface area contributed by atoms with Crippen LogP contribution in [0.15, 0.2) is 18.2 Å². The molecule has 5 rings (SSSR count). The van der Waals surface area contributed by atoms with Crippen LogP contribution in [0.2, 0.25) is 0 Å². The summed E-state index contributed by atoms with van der Waals surface area (Å²) in [5.74, 6) is 1.10. The van der Waals surface area contributed by atoms with Crippen LogP contribution in [-0.4, -0.2) is 55.1 Å². The second kappa shape index (κ2) is 6.55. The summed E-state index contributed by atoms with van der Waals surface area (Å²) in [5.41, 5.74) is 3.62. The van der Waals surface area contributed by atoms with Crippen LogP contribution >= 0.6 is 11.3 Å². The lowest BCUT2D eigenvalue weighted by Gasteiger charge is -2.34. The summed E-state index contributed by atoms with van der Waals surface area (Å²) >= 11 is 1.54. The third-order valence-corrected chi connectivity index (χ3v) is 6.51. The highest BCUT2D eigenvalue weighted by molar-refractivity contribution is 7.17. The van der Waals surface area contributed by atoms with Crippen molar-refractivity contribution in [1.29, 1.82) is 0 Å². The first kappa shape index (κ1) is 16.1. The molecule has 6 nitrogen and oxygen atoms in total. The lowest BCUT2D eigenvalue weighted by Crippen LogP contribution is -2.45. The number of benzene rings is 1. The molecule has 1 aromatic carbocycles. The largest absolute Gasteiger partial charge is 0.493 e. The van der Waals surface area contributed by atoms with Crippen molar-refractivity contribution in [3.63, 3.8) is 0 Å². The molecule has 0 saturated carbocycles. The third-order valence-electron chi connectivity index (χ3n) is 5.35. The van der Waals surface area contributed by atoms with Gasteiger partial charge in [-0.25, -0.2) is 4.98 Å². The first-order valence-corrected chi connectivity index (χ1v) is 10.1. The van der Waals surface area contributed by atoms with Crippen molar-refractivity contribution in [1.82, 2.24) is 15.2 Å². The summed E-state index contributed by atoms with van der Waals surface area (Å²) in [4.78, 5) is 22.3. The van der Waals surface area contributed by atoms with Crippen molar-refractivity contribution < 1.29 is 9.53 Å². The van der Waals surface area contributed by atoms with E-state index in [-0.39, 0.29) is 5.91 Å². The van der Waals surface area contributed by atoms with Crippen LogP contribution < -0.4 is 15.0 Å². The van der Waals surface area contributed by atoms with E-state index in [1.54, 1.807) is 0 Å². The van der Waals surface area contributed by atoms with Crippen molar-refractivity contribution in [2.24, 2.45) is 0 Å². The summed E-state index contributed by atoms with van der Waals surface area (Å²) in [5, 5.41) is 3.90. The Morgan fingerprint density at radius 2 is 2.08 bits per heavy atom. The van der Waals surface area contributed by atoms with Gasteiger partial charge >= 0.3 is 0 Å². The minimum atomic E-state index is 0.0347. The molecule has 2 aromatic rings. The number of hydrogen-bond acceptors (Lipinski definition) is 6. The van der Waals surface area contributed by atoms with Gasteiger partial charge in [-0.1, -0.05) is 23.5 Å². The molecular weight excluding hydrogens is 348 g/mol. The van der Waals surface area contributed by atoms with Crippen LogP contribution in [-0.2, 0) is 19.4 Å². The van der Waals surface area contributed by atoms with E-state index < -0.39 is 0 Å². The van der Waals surface area contributed by atoms with Gasteiger partial charge in [-0.05, 0) is 17.2 Å². The van der Waals surface area contributed by atoms with E-state index in [2.05, 4.69) is 33.3 Å². The summed E-state index contributed by atoms with van der Waals surface area (Å²) in [7, 11) is 0. The molecule has 1 aromatic heterocycles. The number of ether oxygens (including phenoxy) is 1. The van der Waals surface area contributed by atoms with Crippen LogP contribution in [0.4, 0.5) is 5.13 Å². The fourth-order valence-electron chi connectivity index (χ4n) is 3.86. The summed E-state index contributed by atoms with van der Waals surface area (Å²) in [6.07, 6.45) is 1.88. The maximum Gasteiger partial charge on any atom is 0.263 e. The van der Waals surface area contributed by atoms with Crippen molar-refractivity contribution in [3.05, 3.63) is 39.9 Å². The highest BCUT2D eigenvalue weighted by Crippen LogP contribution is 2.30. The fourth-order valence-corrected chi connectivity index (χ4v) is 4.94. The fraction of sp³-hybridized carbons (Fsp3) is 0.474. The topological polar surface area (TPSA) is 57.7 Å². The second-order valence-corrected chi connectivity index (χ2v) is 8.06. The Morgan fingerprint density at radius 1 is 1.19 bits per heavy atom. The Hall–Kier alpha value is -2.12. The van der Waals surface area contributed by atoms with Crippen molar-refractivity contribution in [2.75, 3.05) is 44.2 Å². The van der Waals surface area contributed by atoms with Crippen LogP contribution in [0.1, 0.15) is 26.5 Å². The zero-order chi connectivity index (χ0) is 17.5. The molecule has 26 heavy (non-hydrogen) atoms. The second-order valence-electron chi connectivity index (χ2n) is 7.08. The maximum absolute atomic E-state index is 11.9. The van der Waals surface area contributed by atoms with Gasteiger partial charge in [0.15, 0.2) is 5.13 Å². The van der Waals surface area contributed by atoms with Crippen molar-refractivity contribution >= 4 is 22.4 Å². The number of hydrogen-bond donors (Lipinski definition) is 1. The minimum absolute atomic E-state index is 0.0347. The van der Waals surface area contributed by atoms with Gasteiger partial charge in [0.25, 0.3) is 5.91 Å². The summed E-state index contributed by atoms with van der Waals surface area (Å²) in [6, 6.07) is 6.63. The first-order valence-electron chi connectivity index (χ1n) is 9.26. The molecule has 0 spiro atoms. The van der Waals surface area contributed by atoms with E-state index in [9.17, 15) is 4.79 Å². The van der Waals surface area contributed by atoms with E-state index in [4.69, 9.17) is 9.72 Å². The van der Waals surface area contributed by atoms with Crippen LogP contribution in [0.25, 0.3) is 0 Å². The van der Waals surface area contributed by atoms with Gasteiger partial charge in [0, 0.05) is 52.1 Å². The number of piperazine rings is 1. The van der Waals surface area contributed by atoms with E-state index in [0.29, 0.717) is 6.54 Å². The Labute approximate surface area is 156 Å². The third kappa shape index (κ3) is 2.95. The molecule has 1 N–H and O–H groups in total. The van der Waals surface area contributed by atoms with Crippen LogP contribution in [0.5, 0.6) is 5.75 Å². The van der Waals surface area contributed by atoms with Gasteiger partial charge < -0.3 is 15.0 Å². The Kier molecular flexibility index (Phi) is 4.05. The standard InChI is InChI=1S/C19H22N4O2S/c24-18-17-15(3-5-20-18)21-19(26-17)23-8-6-22(7-9-23)12-13-1-2-14-4-10-25-16(14)11-13/h1-2,11H,3-10,12H2,(H,20,24). The molecule has 0 atom stereocenters. The van der Waals surface area contributed by atoms with Gasteiger partial charge in [0.1, 0.15) is 10.6 Å². The molecule has 1 saturated heterocycles. The van der Waals surface area contributed by atoms with Crippen LogP contribution in [0, 0.1) is 0 Å². The summed E-state index contributed by atoms with van der Waals surface area (Å²) < 4.78 is 5.69. The van der Waals surface area contributed by atoms with Gasteiger partial charge in [-0.2, -0.15) is 0 Å². The van der Waals surface area contributed by atoms with Gasteiger partial charge in [0.05, 0.1) is 12.3 Å². The lowest BCUT2D eigenvalue weighted by atomic mass is 10.1. The quantitative estimate of drug-likeness (QED) is 0.891. The number of carbonyl (C=O) groups is 1. The number of carbonyl (C=O) groups excluding carboxylic acids is 1. The lowest BCUT2D eigenvalue weighted by molar-refractivity contribution is 0.0950. The number of aromatic nitrogens is 1. The number of nitrogens with one attached hydrogen (secondary N) is 1. The zero-order valence-corrected chi connectivity index (χ0v) is 15.5. The van der Waals surface area contributed by atoms with Gasteiger partial charge in [0.2, 0.25) is 0 Å². The monoisotopic (exact) mass is 370 g/mol. The van der Waals surface area contributed by atoms with Crippen molar-refractivity contribution in [2.45, 2.75) is 19.4 Å². The van der Waals surface area contributed by atoms with Gasteiger partial charge in [-0.15, -0.1) is 0 Å². The Morgan fingerprint density at radius 3 is 2.92 bits per heavy atom. The molecule has 0 unspecified atom stereocenters. The SMILES string of the molecule is O=C1NCCc2nc(N3CCN(Cc4ccc5c(c4)OCC5)CC3)sc21. The molecule has 1 fully saturated rings. The van der Waals surface area contributed by atoms with Gasteiger partial charge in [-0.3, -0.25) is 9.69 Å². The van der Waals surface area contributed by atoms with E-state index in [0.717, 1.165) is 73.6 Å². The average molecular weight is 370 g/mol. The van der Waals surface area contributed by atoms with Crippen LogP contribution in [0.3, 0.4) is 0 Å². The number of anilines is 1. The molecule has 0 radical (unpaired) electrons. The number of amides is 1. The van der Waals surface area contributed by atoms with Crippen molar-refractivity contribution in [3.8, 4) is 5.75 Å². The number of fused-ring (bicyclic) bond motifs is 2. The zero-order valence-electron chi connectivity index (χ0n) is 14.7. The first-order chi connectivity index (χ1) is 12.8. The molecule has 3 aliphatic rings. The number of nitrogens with zero attached hydrogens (tertiary/aromatic N) is 3. The smallest absolute Gasteiger partial charge is 0.263 e. The maximum atomic E-state index is 11.9. The Bertz CT molecular complexity index is 842. The summed E-state index contributed by atoms with van der Waals surface area (Å²) in [6.45, 7) is 6.40. The molecule has 3 aliphatic heterocycles. The molecule has 4 heterocycles. The highest BCUT2D eigenvalue weighted by Gasteiger charge is 2.26. The number of rotatable bonds is 3. The number of thiazole rings is 1. The molecule has 7 heteroatoms. The molecule has 0 bridgehead atoms. The normalized spacial score (nSPS) is 19.7. The molecular formula is C19H22N4O2S. The molecule has 136 valence electrons. The highest BCUT2D eigenvalue weighted by atomic mass is 32.1. The van der Waals surface area contributed by atoms with E-state index in [1.165, 1.54) is 22.5 Å². The average Bonchev–Trinajstić information content (AvgIpc) is 3.29.